The Kier molecular flexibility index (Phi) is 3.72. The molecule has 0 spiro atoms. The topological polar surface area (TPSA) is 38.1 Å². The van der Waals surface area contributed by atoms with Gasteiger partial charge in [-0.15, -0.1) is 11.3 Å². The maximum atomic E-state index is 5.27. The van der Waals surface area contributed by atoms with Gasteiger partial charge in [0.1, 0.15) is 10.8 Å². The number of nitrogens with one attached hydrogen (secondary N) is 1. The molecule has 0 aliphatic carbocycles. The predicted molar refractivity (Wildman–Crippen MR) is 76.8 cm³/mol. The van der Waals surface area contributed by atoms with E-state index < -0.39 is 0 Å². The molecule has 0 aliphatic rings. The van der Waals surface area contributed by atoms with Crippen molar-refractivity contribution in [2.75, 3.05) is 0 Å². The molecular formula is C15H14N2OS. The zero-order valence-corrected chi connectivity index (χ0v) is 11.2. The Morgan fingerprint density at radius 2 is 1.95 bits per heavy atom. The zero-order valence-electron chi connectivity index (χ0n) is 10.4. The lowest BCUT2D eigenvalue weighted by molar-refractivity contribution is 0.483. The predicted octanol–water partition coefficient (Wildman–Crippen LogP) is 3.69. The summed E-state index contributed by atoms with van der Waals surface area (Å²) in [5.74, 6) is 0.944. The van der Waals surface area contributed by atoms with Crippen LogP contribution in [0.1, 0.15) is 10.8 Å². The molecule has 0 saturated carbocycles. The second-order valence-corrected chi connectivity index (χ2v) is 5.12. The summed E-state index contributed by atoms with van der Waals surface area (Å²) in [5, 5.41) is 6.51. The summed E-state index contributed by atoms with van der Waals surface area (Å²) in [6.45, 7) is 1.49. The largest absolute Gasteiger partial charge is 0.468 e. The smallest absolute Gasteiger partial charge is 0.117 e. The van der Waals surface area contributed by atoms with E-state index in [0.29, 0.717) is 0 Å². The minimum absolute atomic E-state index is 0.729. The Hall–Kier alpha value is -1.91. The van der Waals surface area contributed by atoms with E-state index in [-0.39, 0.29) is 0 Å². The molecule has 0 radical (unpaired) electrons. The first-order chi connectivity index (χ1) is 9.42. The van der Waals surface area contributed by atoms with Gasteiger partial charge in [0, 0.05) is 17.5 Å². The normalized spacial score (nSPS) is 10.7. The van der Waals surface area contributed by atoms with Crippen LogP contribution in [-0.4, -0.2) is 4.98 Å². The van der Waals surface area contributed by atoms with Crippen LogP contribution < -0.4 is 5.32 Å². The molecule has 3 nitrogen and oxygen atoms in total. The van der Waals surface area contributed by atoms with Crippen molar-refractivity contribution in [1.82, 2.24) is 10.3 Å². The number of rotatable bonds is 5. The second-order valence-electron chi connectivity index (χ2n) is 4.18. The molecule has 0 atom stereocenters. The number of hydrogen-bond donors (Lipinski definition) is 1. The molecule has 0 aliphatic heterocycles. The van der Waals surface area contributed by atoms with E-state index in [9.17, 15) is 0 Å². The van der Waals surface area contributed by atoms with E-state index in [4.69, 9.17) is 4.42 Å². The summed E-state index contributed by atoms with van der Waals surface area (Å²) in [4.78, 5) is 4.62. The van der Waals surface area contributed by atoms with E-state index in [1.807, 2.05) is 30.3 Å². The minimum Gasteiger partial charge on any atom is -0.468 e. The first-order valence-corrected chi connectivity index (χ1v) is 7.03. The van der Waals surface area contributed by atoms with Crippen LogP contribution in [0.4, 0.5) is 0 Å². The first kappa shape index (κ1) is 12.1. The highest BCUT2D eigenvalue weighted by atomic mass is 32.1. The lowest BCUT2D eigenvalue weighted by Gasteiger charge is -1.99. The summed E-state index contributed by atoms with van der Waals surface area (Å²) < 4.78 is 5.27. The van der Waals surface area contributed by atoms with Crippen molar-refractivity contribution >= 4 is 11.3 Å². The van der Waals surface area contributed by atoms with Crippen LogP contribution in [-0.2, 0) is 13.1 Å². The summed E-state index contributed by atoms with van der Waals surface area (Å²) >= 11 is 1.68. The number of benzene rings is 1. The van der Waals surface area contributed by atoms with Crippen LogP contribution in [0.25, 0.3) is 11.3 Å². The van der Waals surface area contributed by atoms with E-state index in [1.54, 1.807) is 17.6 Å². The van der Waals surface area contributed by atoms with Gasteiger partial charge in [0.25, 0.3) is 0 Å². The van der Waals surface area contributed by atoms with Crippen molar-refractivity contribution in [2.45, 2.75) is 13.1 Å². The Morgan fingerprint density at radius 3 is 2.74 bits per heavy atom. The van der Waals surface area contributed by atoms with E-state index in [1.165, 1.54) is 0 Å². The lowest BCUT2D eigenvalue weighted by Crippen LogP contribution is -2.11. The second kappa shape index (κ2) is 5.82. The van der Waals surface area contributed by atoms with Gasteiger partial charge in [-0.25, -0.2) is 4.98 Å². The molecule has 0 saturated heterocycles. The van der Waals surface area contributed by atoms with E-state index in [0.717, 1.165) is 35.1 Å². The highest BCUT2D eigenvalue weighted by molar-refractivity contribution is 7.09. The first-order valence-electron chi connectivity index (χ1n) is 6.15. The fraction of sp³-hybridized carbons (Fsp3) is 0.133. The monoisotopic (exact) mass is 270 g/mol. The highest BCUT2D eigenvalue weighted by Gasteiger charge is 2.04. The summed E-state index contributed by atoms with van der Waals surface area (Å²) in [7, 11) is 0. The van der Waals surface area contributed by atoms with Crippen LogP contribution in [0.15, 0.2) is 58.5 Å². The van der Waals surface area contributed by atoms with E-state index in [2.05, 4.69) is 27.8 Å². The number of aromatic nitrogens is 1. The molecule has 3 aromatic rings. The van der Waals surface area contributed by atoms with Gasteiger partial charge in [-0.05, 0) is 12.1 Å². The molecule has 3 rings (SSSR count). The maximum absolute atomic E-state index is 5.27. The molecule has 1 aromatic carbocycles. The molecule has 2 aromatic heterocycles. The van der Waals surface area contributed by atoms with Gasteiger partial charge in [-0.3, -0.25) is 0 Å². The average molecular weight is 270 g/mol. The van der Waals surface area contributed by atoms with Gasteiger partial charge in [0.15, 0.2) is 0 Å². The number of thiazole rings is 1. The zero-order chi connectivity index (χ0) is 12.9. The van der Waals surface area contributed by atoms with Crippen LogP contribution in [0, 0.1) is 0 Å². The Labute approximate surface area is 115 Å². The van der Waals surface area contributed by atoms with E-state index >= 15 is 0 Å². The summed E-state index contributed by atoms with van der Waals surface area (Å²) in [6.07, 6.45) is 1.69. The molecule has 4 heteroatoms. The number of nitrogens with zero attached hydrogens (tertiary/aromatic N) is 1. The SMILES string of the molecule is c1ccc(-c2csc(CNCc3ccco3)n2)cc1. The number of furan rings is 1. The third-order valence-electron chi connectivity index (χ3n) is 2.78. The molecule has 19 heavy (non-hydrogen) atoms. The van der Waals surface area contributed by atoms with Crippen molar-refractivity contribution in [3.63, 3.8) is 0 Å². The molecule has 0 bridgehead atoms. The van der Waals surface area contributed by atoms with Crippen molar-refractivity contribution in [1.29, 1.82) is 0 Å². The number of hydrogen-bond acceptors (Lipinski definition) is 4. The van der Waals surface area contributed by atoms with Crippen molar-refractivity contribution in [3.05, 3.63) is 64.9 Å². The third-order valence-corrected chi connectivity index (χ3v) is 3.63. The highest BCUT2D eigenvalue weighted by Crippen LogP contribution is 2.21. The summed E-state index contributed by atoms with van der Waals surface area (Å²) in [6, 6.07) is 14.1. The molecule has 0 amide bonds. The van der Waals surface area contributed by atoms with Crippen molar-refractivity contribution in [3.8, 4) is 11.3 Å². The van der Waals surface area contributed by atoms with Crippen LogP contribution in [0.2, 0.25) is 0 Å². The van der Waals surface area contributed by atoms with Gasteiger partial charge in [0.2, 0.25) is 0 Å². The standard InChI is InChI=1S/C15H14N2OS/c1-2-5-12(6-3-1)14-11-19-15(17-14)10-16-9-13-7-4-8-18-13/h1-8,11,16H,9-10H2. The Balaban J connectivity index is 1.59. The average Bonchev–Trinajstić information content (AvgIpc) is 3.11. The minimum atomic E-state index is 0.729. The molecule has 1 N–H and O–H groups in total. The molecule has 96 valence electrons. The van der Waals surface area contributed by atoms with Crippen LogP contribution in [0.5, 0.6) is 0 Å². The quantitative estimate of drug-likeness (QED) is 0.768. The van der Waals surface area contributed by atoms with Gasteiger partial charge in [-0.2, -0.15) is 0 Å². The van der Waals surface area contributed by atoms with Crippen LogP contribution >= 0.6 is 11.3 Å². The molecule has 0 unspecified atom stereocenters. The fourth-order valence-electron chi connectivity index (χ4n) is 1.84. The van der Waals surface area contributed by atoms with Gasteiger partial charge >= 0.3 is 0 Å². The van der Waals surface area contributed by atoms with Crippen molar-refractivity contribution < 1.29 is 4.42 Å². The molecule has 0 fully saturated rings. The maximum Gasteiger partial charge on any atom is 0.117 e. The van der Waals surface area contributed by atoms with Crippen LogP contribution in [0.3, 0.4) is 0 Å². The molecular weight excluding hydrogens is 256 g/mol. The van der Waals surface area contributed by atoms with Crippen molar-refractivity contribution in [2.24, 2.45) is 0 Å². The fourth-order valence-corrected chi connectivity index (χ4v) is 2.61. The van der Waals surface area contributed by atoms with Gasteiger partial charge < -0.3 is 9.73 Å². The molecule has 2 heterocycles. The lowest BCUT2D eigenvalue weighted by atomic mass is 10.2. The Bertz CT molecular complexity index is 617. The summed E-state index contributed by atoms with van der Waals surface area (Å²) in [5.41, 5.74) is 2.21. The third kappa shape index (κ3) is 3.10. The van der Waals surface area contributed by atoms with Gasteiger partial charge in [0.05, 0.1) is 18.5 Å². The van der Waals surface area contributed by atoms with Gasteiger partial charge in [-0.1, -0.05) is 30.3 Å². The Morgan fingerprint density at radius 1 is 1.05 bits per heavy atom.